The molecule has 0 bridgehead atoms. The number of halogens is 4. The van der Waals surface area contributed by atoms with Crippen molar-refractivity contribution in [1.82, 2.24) is 25.4 Å². The van der Waals surface area contributed by atoms with Crippen LogP contribution >= 0.6 is 70.8 Å². The summed E-state index contributed by atoms with van der Waals surface area (Å²) in [5.74, 6) is -0.872. The van der Waals surface area contributed by atoms with Gasteiger partial charge in [-0.2, -0.15) is 12.6 Å². The van der Waals surface area contributed by atoms with E-state index in [2.05, 4.69) is 43.3 Å². The van der Waals surface area contributed by atoms with Crippen molar-refractivity contribution >= 4 is 114 Å². The van der Waals surface area contributed by atoms with Crippen LogP contribution in [0.5, 0.6) is 0 Å². The molecule has 22 heteroatoms. The molecule has 14 nitrogen and oxygen atoms in total. The number of nitrogens with one attached hydrogen (secondary N) is 6. The van der Waals surface area contributed by atoms with Crippen LogP contribution in [0.4, 0.5) is 10.5 Å². The summed E-state index contributed by atoms with van der Waals surface area (Å²) in [7, 11) is -7.59. The number of hydrogen-bond donors (Lipinski definition) is 7. The summed E-state index contributed by atoms with van der Waals surface area (Å²) in [6.45, 7) is 7.38. The van der Waals surface area contributed by atoms with E-state index in [0.717, 1.165) is 30.3 Å². The van der Waals surface area contributed by atoms with Crippen molar-refractivity contribution in [1.29, 1.82) is 0 Å². The molecule has 4 atom stereocenters. The van der Waals surface area contributed by atoms with Crippen molar-refractivity contribution in [3.63, 3.8) is 0 Å². The fourth-order valence-electron chi connectivity index (χ4n) is 6.30. The standard InChI is InChI=1S/C24H29Cl2N3O5S2.C18H19Cl2N3O3S2/c1-24(2,3)34-23(31)35-18-11-17(27-14-18)13-29-36(32,33)19-6-4-5-16(10-19)22(30)28-12-15-7-8-20(25)21(26)9-15;19-16-5-4-12(8-17(16)20)23-18(24)11-2-1-3-15(6-11)28(25,26)22-9-13-7-14(27)10-21-13/h4-10,17-18,27,29H,11-14H2,1-3H3,(H,28,30);1-6,8,13-14,21-22,27H,7,9-10H2,(H,23,24)/t17-,18-;13-,14-/m00/s1. The molecule has 2 aliphatic rings. The maximum atomic E-state index is 12.9. The summed E-state index contributed by atoms with van der Waals surface area (Å²) in [4.78, 5) is 37.1. The van der Waals surface area contributed by atoms with E-state index in [-0.39, 0.29) is 68.4 Å². The predicted octanol–water partition coefficient (Wildman–Crippen LogP) is 7.78. The number of thiol groups is 1. The summed E-state index contributed by atoms with van der Waals surface area (Å²) in [6, 6.07) is 21.3. The van der Waals surface area contributed by atoms with E-state index in [9.17, 15) is 31.2 Å². The normalized spacial score (nSPS) is 18.8. The first kappa shape index (κ1) is 51.9. The van der Waals surface area contributed by atoms with Crippen molar-refractivity contribution in [2.45, 2.75) is 78.1 Å². The van der Waals surface area contributed by atoms with Gasteiger partial charge in [-0.3, -0.25) is 9.59 Å². The number of thioether (sulfide) groups is 1. The molecule has 64 heavy (non-hydrogen) atoms. The summed E-state index contributed by atoms with van der Waals surface area (Å²) in [5.41, 5.74) is 1.09. The van der Waals surface area contributed by atoms with Gasteiger partial charge in [0.15, 0.2) is 0 Å². The highest BCUT2D eigenvalue weighted by molar-refractivity contribution is 8.13. The molecule has 2 saturated heterocycles. The van der Waals surface area contributed by atoms with Crippen molar-refractivity contribution in [3.8, 4) is 0 Å². The van der Waals surface area contributed by atoms with Crippen molar-refractivity contribution < 1.29 is 36.0 Å². The minimum Gasteiger partial charge on any atom is -0.452 e. The molecule has 0 radical (unpaired) electrons. The van der Waals surface area contributed by atoms with Gasteiger partial charge in [0.05, 0.1) is 29.9 Å². The second-order valence-corrected chi connectivity index (χ2v) is 22.9. The molecule has 6 rings (SSSR count). The average Bonchev–Trinajstić information content (AvgIpc) is 3.88. The zero-order valence-electron chi connectivity index (χ0n) is 34.8. The first-order chi connectivity index (χ1) is 30.1. The number of carbonyl (C=O) groups excluding carboxylic acids is 3. The van der Waals surface area contributed by atoms with E-state index in [4.69, 9.17) is 51.1 Å². The van der Waals surface area contributed by atoms with Crippen LogP contribution in [0.25, 0.3) is 0 Å². The summed E-state index contributed by atoms with van der Waals surface area (Å²) in [5, 5.41) is 13.2. The van der Waals surface area contributed by atoms with Gasteiger partial charge in [0.1, 0.15) is 5.60 Å². The van der Waals surface area contributed by atoms with E-state index < -0.39 is 37.5 Å². The van der Waals surface area contributed by atoms with Gasteiger partial charge in [0.25, 0.3) is 11.8 Å². The van der Waals surface area contributed by atoms with Gasteiger partial charge in [-0.1, -0.05) is 64.6 Å². The molecule has 2 amide bonds. The van der Waals surface area contributed by atoms with Crippen LogP contribution in [-0.2, 0) is 31.3 Å². The smallest absolute Gasteiger partial charge is 0.368 e. The Morgan fingerprint density at radius 1 is 0.719 bits per heavy atom. The van der Waals surface area contributed by atoms with Gasteiger partial charge in [-0.05, 0) is 118 Å². The molecule has 0 saturated carbocycles. The molecule has 0 unspecified atom stereocenters. The van der Waals surface area contributed by atoms with E-state index >= 15 is 0 Å². The SMILES string of the molecule is CC(C)(C)OC(=O)S[C@@H]1CN[C@H](CNS(=O)(=O)c2cccc(C(=O)NCc3ccc(Cl)c(Cl)c3)c2)C1.O=C(Nc1ccc(Cl)c(Cl)c1)c1cccc(S(=O)(=O)NC[C@@H]2C[C@H](S)CN2)c1. The van der Waals surface area contributed by atoms with E-state index in [0.29, 0.717) is 38.7 Å². The number of rotatable bonds is 14. The minimum absolute atomic E-state index is 0.00287. The van der Waals surface area contributed by atoms with Gasteiger partial charge >= 0.3 is 5.30 Å². The fourth-order valence-corrected chi connectivity index (χ4v) is 10.6. The quantitative estimate of drug-likeness (QED) is 0.0481. The molecule has 0 aromatic heterocycles. The molecule has 4 aromatic carbocycles. The summed E-state index contributed by atoms with van der Waals surface area (Å²) < 4.78 is 61.3. The lowest BCUT2D eigenvalue weighted by atomic mass is 10.2. The summed E-state index contributed by atoms with van der Waals surface area (Å²) in [6.07, 6.45) is 1.40. The Bertz CT molecular complexity index is 2550. The number of sulfonamides is 2. The van der Waals surface area contributed by atoms with E-state index in [1.54, 1.807) is 36.4 Å². The highest BCUT2D eigenvalue weighted by atomic mass is 35.5. The van der Waals surface area contributed by atoms with E-state index in [1.165, 1.54) is 48.5 Å². The number of anilines is 1. The van der Waals surface area contributed by atoms with Crippen LogP contribution in [0.1, 0.15) is 59.9 Å². The first-order valence-electron chi connectivity index (χ1n) is 19.8. The number of hydrogen-bond acceptors (Lipinski definition) is 12. The Morgan fingerprint density at radius 2 is 1.27 bits per heavy atom. The van der Waals surface area contributed by atoms with Crippen molar-refractivity contribution in [2.24, 2.45) is 0 Å². The number of benzene rings is 4. The number of amides is 2. The van der Waals surface area contributed by atoms with Crippen LogP contribution in [0, 0.1) is 0 Å². The van der Waals surface area contributed by atoms with Gasteiger partial charge in [-0.25, -0.2) is 31.1 Å². The Labute approximate surface area is 403 Å². The van der Waals surface area contributed by atoms with Crippen LogP contribution < -0.4 is 30.7 Å². The van der Waals surface area contributed by atoms with Crippen LogP contribution in [0.2, 0.25) is 20.1 Å². The zero-order chi connectivity index (χ0) is 46.8. The molecule has 346 valence electrons. The lowest BCUT2D eigenvalue weighted by Gasteiger charge is -2.20. The molecule has 0 aliphatic carbocycles. The average molecular weight is 1030 g/mol. The first-order valence-corrected chi connectivity index (χ1v) is 25.7. The molecule has 0 spiro atoms. The third-order valence-corrected chi connectivity index (χ3v) is 15.2. The maximum Gasteiger partial charge on any atom is 0.368 e. The van der Waals surface area contributed by atoms with Crippen LogP contribution in [0.15, 0.2) is 94.7 Å². The van der Waals surface area contributed by atoms with Gasteiger partial charge in [0.2, 0.25) is 20.0 Å². The Balaban J connectivity index is 0.000000248. The van der Waals surface area contributed by atoms with Crippen LogP contribution in [-0.4, -0.2) is 88.3 Å². The predicted molar refractivity (Wildman–Crippen MR) is 259 cm³/mol. The van der Waals surface area contributed by atoms with Gasteiger partial charge in [0, 0.05) is 72.1 Å². The maximum absolute atomic E-state index is 12.9. The third kappa shape index (κ3) is 16.0. The molecular weight excluding hydrogens is 987 g/mol. The highest BCUT2D eigenvalue weighted by Gasteiger charge is 2.30. The number of carbonyl (C=O) groups is 3. The van der Waals surface area contributed by atoms with Gasteiger partial charge < -0.3 is 26.0 Å². The third-order valence-electron chi connectivity index (χ3n) is 9.50. The summed E-state index contributed by atoms with van der Waals surface area (Å²) >= 11 is 29.2. The Kier molecular flexibility index (Phi) is 18.7. The minimum atomic E-state index is -3.85. The topological polar surface area (TPSA) is 201 Å². The molecule has 4 aromatic rings. The molecule has 2 aliphatic heterocycles. The fraction of sp³-hybridized carbons (Fsp3) is 0.357. The van der Waals surface area contributed by atoms with Crippen LogP contribution in [0.3, 0.4) is 0 Å². The largest absolute Gasteiger partial charge is 0.452 e. The Morgan fingerprint density at radius 3 is 1.81 bits per heavy atom. The monoisotopic (exact) mass is 1030 g/mol. The lowest BCUT2D eigenvalue weighted by molar-refractivity contribution is 0.0736. The second kappa shape index (κ2) is 23.1. The van der Waals surface area contributed by atoms with Crippen molar-refractivity contribution in [2.75, 3.05) is 31.5 Å². The highest BCUT2D eigenvalue weighted by Crippen LogP contribution is 2.27. The molecule has 2 fully saturated rings. The lowest BCUT2D eigenvalue weighted by Crippen LogP contribution is -2.37. The van der Waals surface area contributed by atoms with Gasteiger partial charge in [-0.15, -0.1) is 0 Å². The Hall–Kier alpha value is -3.11. The van der Waals surface area contributed by atoms with E-state index in [1.807, 2.05) is 20.8 Å². The zero-order valence-corrected chi connectivity index (χ0v) is 41.2. The molecule has 6 N–H and O–H groups in total. The molecular formula is C42H48Cl4N6O8S4. The second-order valence-electron chi connectivity index (χ2n) is 15.8. The molecule has 2 heterocycles. The van der Waals surface area contributed by atoms with Crippen molar-refractivity contribution in [3.05, 3.63) is 122 Å². The number of ether oxygens (including phenoxy) is 1.